The van der Waals surface area contributed by atoms with Crippen LogP contribution in [0.1, 0.15) is 5.56 Å². The molecule has 0 bridgehead atoms. The second-order valence-electron chi connectivity index (χ2n) is 4.19. The topological polar surface area (TPSA) is 60.2 Å². The number of halogens is 3. The highest BCUT2D eigenvalue weighted by Gasteiger charge is 2.18. The summed E-state index contributed by atoms with van der Waals surface area (Å²) in [6.07, 6.45) is 0. The van der Waals surface area contributed by atoms with E-state index in [2.05, 4.69) is 0 Å². The summed E-state index contributed by atoms with van der Waals surface area (Å²) in [5.41, 5.74) is 6.53. The van der Waals surface area contributed by atoms with Crippen LogP contribution in [0.15, 0.2) is 41.3 Å². The summed E-state index contributed by atoms with van der Waals surface area (Å²) in [7, 11) is -3.56. The smallest absolute Gasteiger partial charge is 0.182 e. The van der Waals surface area contributed by atoms with Gasteiger partial charge < -0.3 is 5.73 Å². The molecule has 0 aromatic heterocycles. The first-order valence-electron chi connectivity index (χ1n) is 5.51. The van der Waals surface area contributed by atoms with E-state index in [0.29, 0.717) is 21.3 Å². The lowest BCUT2D eigenvalue weighted by Crippen LogP contribution is -2.05. The molecule has 20 heavy (non-hydrogen) atoms. The van der Waals surface area contributed by atoms with Crippen LogP contribution in [0.3, 0.4) is 0 Å². The summed E-state index contributed by atoms with van der Waals surface area (Å²) in [6.45, 7) is 0. The van der Waals surface area contributed by atoms with Gasteiger partial charge in [-0.05, 0) is 35.9 Å². The molecule has 2 N–H and O–H groups in total. The minimum Gasteiger partial charge on any atom is -0.399 e. The Labute approximate surface area is 132 Å². The molecule has 3 nitrogen and oxygen atoms in total. The summed E-state index contributed by atoms with van der Waals surface area (Å²) in [6, 6.07) is 8.89. The summed E-state index contributed by atoms with van der Waals surface area (Å²) < 4.78 is 24.6. The Morgan fingerprint density at radius 1 is 0.900 bits per heavy atom. The molecule has 0 heterocycles. The van der Waals surface area contributed by atoms with Gasteiger partial charge in [0.15, 0.2) is 9.84 Å². The van der Waals surface area contributed by atoms with E-state index in [0.717, 1.165) is 0 Å². The Morgan fingerprint density at radius 3 is 2.20 bits per heavy atom. The summed E-state index contributed by atoms with van der Waals surface area (Å²) in [5.74, 6) is -0.232. The predicted octanol–water partition coefficient (Wildman–Crippen LogP) is 4.20. The van der Waals surface area contributed by atoms with Crippen molar-refractivity contribution < 1.29 is 8.42 Å². The van der Waals surface area contributed by atoms with Crippen LogP contribution in [-0.2, 0) is 15.6 Å². The average molecular weight is 351 g/mol. The molecule has 106 valence electrons. The molecule has 0 aliphatic carbocycles. The van der Waals surface area contributed by atoms with Crippen LogP contribution < -0.4 is 5.73 Å². The largest absolute Gasteiger partial charge is 0.399 e. The Morgan fingerprint density at radius 2 is 1.60 bits per heavy atom. The van der Waals surface area contributed by atoms with E-state index in [1.165, 1.54) is 24.3 Å². The standard InChI is InChI=1S/C13H10Cl3NO2S/c14-11-4-3-10(6-13(11)16)20(18,19)7-8-1-2-9(17)5-12(8)15/h1-6H,7,17H2. The van der Waals surface area contributed by atoms with Crippen molar-refractivity contribution in [1.82, 2.24) is 0 Å². The van der Waals surface area contributed by atoms with Gasteiger partial charge in [0.2, 0.25) is 0 Å². The molecule has 0 amide bonds. The Bertz CT molecular complexity index is 760. The first-order chi connectivity index (χ1) is 9.29. The van der Waals surface area contributed by atoms with Crippen molar-refractivity contribution in [1.29, 1.82) is 0 Å². The number of anilines is 1. The summed E-state index contributed by atoms with van der Waals surface area (Å²) in [5, 5.41) is 0.806. The van der Waals surface area contributed by atoms with E-state index in [4.69, 9.17) is 40.5 Å². The van der Waals surface area contributed by atoms with Gasteiger partial charge in [-0.1, -0.05) is 40.9 Å². The number of nitrogens with two attached hydrogens (primary N) is 1. The number of hydrogen-bond donors (Lipinski definition) is 1. The number of rotatable bonds is 3. The molecule has 0 saturated heterocycles. The second kappa shape index (κ2) is 5.82. The van der Waals surface area contributed by atoms with Crippen LogP contribution in [0.2, 0.25) is 15.1 Å². The van der Waals surface area contributed by atoms with Gasteiger partial charge in [0, 0.05) is 10.7 Å². The van der Waals surface area contributed by atoms with Crippen molar-refractivity contribution in [3.05, 3.63) is 57.0 Å². The highest BCUT2D eigenvalue weighted by atomic mass is 35.5. The van der Waals surface area contributed by atoms with E-state index < -0.39 is 9.84 Å². The van der Waals surface area contributed by atoms with Gasteiger partial charge >= 0.3 is 0 Å². The Balaban J connectivity index is 2.38. The minimum atomic E-state index is -3.56. The third-order valence-electron chi connectivity index (χ3n) is 2.67. The molecule has 0 fully saturated rings. The molecule has 0 unspecified atom stereocenters. The lowest BCUT2D eigenvalue weighted by molar-refractivity contribution is 0.595. The predicted molar refractivity (Wildman–Crippen MR) is 83.2 cm³/mol. The zero-order chi connectivity index (χ0) is 14.9. The van der Waals surface area contributed by atoms with Gasteiger partial charge in [-0.15, -0.1) is 0 Å². The van der Waals surface area contributed by atoms with Gasteiger partial charge in [-0.2, -0.15) is 0 Å². The molecule has 0 aliphatic rings. The summed E-state index contributed by atoms with van der Waals surface area (Å²) in [4.78, 5) is 0.0970. The van der Waals surface area contributed by atoms with Crippen molar-refractivity contribution in [2.45, 2.75) is 10.6 Å². The van der Waals surface area contributed by atoms with Crippen molar-refractivity contribution in [2.75, 3.05) is 5.73 Å². The van der Waals surface area contributed by atoms with Gasteiger partial charge in [-0.25, -0.2) is 8.42 Å². The number of hydrogen-bond acceptors (Lipinski definition) is 3. The molecule has 2 rings (SSSR count). The number of benzene rings is 2. The van der Waals surface area contributed by atoms with Gasteiger partial charge in [0.1, 0.15) is 0 Å². The quantitative estimate of drug-likeness (QED) is 0.844. The summed E-state index contributed by atoms with van der Waals surface area (Å²) >= 11 is 17.6. The van der Waals surface area contributed by atoms with Crippen molar-refractivity contribution >= 4 is 50.3 Å². The number of sulfone groups is 1. The SMILES string of the molecule is Nc1ccc(CS(=O)(=O)c2ccc(Cl)c(Cl)c2)c(Cl)c1. The van der Waals surface area contributed by atoms with Crippen molar-refractivity contribution in [3.63, 3.8) is 0 Å². The van der Waals surface area contributed by atoms with Crippen LogP contribution in [0, 0.1) is 0 Å². The minimum absolute atomic E-state index is 0.0970. The lowest BCUT2D eigenvalue weighted by Gasteiger charge is -2.08. The zero-order valence-electron chi connectivity index (χ0n) is 10.1. The zero-order valence-corrected chi connectivity index (χ0v) is 13.2. The first kappa shape index (κ1) is 15.4. The number of nitrogen functional groups attached to an aromatic ring is 1. The fraction of sp³-hybridized carbons (Fsp3) is 0.0769. The maximum atomic E-state index is 12.3. The maximum absolute atomic E-state index is 12.3. The molecule has 2 aromatic carbocycles. The molecule has 0 spiro atoms. The van der Waals surface area contributed by atoms with Crippen LogP contribution >= 0.6 is 34.8 Å². The Hall–Kier alpha value is -0.940. The lowest BCUT2D eigenvalue weighted by atomic mass is 10.2. The molecule has 0 aliphatic heterocycles. The van der Waals surface area contributed by atoms with E-state index in [-0.39, 0.29) is 15.7 Å². The second-order valence-corrected chi connectivity index (χ2v) is 7.40. The highest BCUT2D eigenvalue weighted by molar-refractivity contribution is 7.90. The van der Waals surface area contributed by atoms with Crippen molar-refractivity contribution in [2.24, 2.45) is 0 Å². The molecular weight excluding hydrogens is 341 g/mol. The van der Waals surface area contributed by atoms with Gasteiger partial charge in [0.05, 0.1) is 20.7 Å². The van der Waals surface area contributed by atoms with E-state index in [1.807, 2.05) is 0 Å². The molecule has 0 saturated carbocycles. The monoisotopic (exact) mass is 349 g/mol. The molecule has 0 radical (unpaired) electrons. The van der Waals surface area contributed by atoms with Crippen LogP contribution in [-0.4, -0.2) is 8.42 Å². The average Bonchev–Trinajstić information content (AvgIpc) is 2.36. The van der Waals surface area contributed by atoms with Crippen molar-refractivity contribution in [3.8, 4) is 0 Å². The normalized spacial score (nSPS) is 11.6. The maximum Gasteiger partial charge on any atom is 0.182 e. The van der Waals surface area contributed by atoms with Gasteiger partial charge in [0.25, 0.3) is 0 Å². The molecular formula is C13H10Cl3NO2S. The van der Waals surface area contributed by atoms with E-state index in [9.17, 15) is 8.42 Å². The molecule has 7 heteroatoms. The molecule has 0 atom stereocenters. The fourth-order valence-corrected chi connectivity index (χ4v) is 3.74. The van der Waals surface area contributed by atoms with E-state index >= 15 is 0 Å². The highest BCUT2D eigenvalue weighted by Crippen LogP contribution is 2.28. The first-order valence-corrected chi connectivity index (χ1v) is 8.30. The van der Waals surface area contributed by atoms with Crippen LogP contribution in [0.25, 0.3) is 0 Å². The van der Waals surface area contributed by atoms with E-state index in [1.54, 1.807) is 12.1 Å². The van der Waals surface area contributed by atoms with Crippen LogP contribution in [0.4, 0.5) is 5.69 Å². The third-order valence-corrected chi connectivity index (χ3v) is 5.43. The Kier molecular flexibility index (Phi) is 4.49. The van der Waals surface area contributed by atoms with Crippen LogP contribution in [0.5, 0.6) is 0 Å². The van der Waals surface area contributed by atoms with Gasteiger partial charge in [-0.3, -0.25) is 0 Å². The third kappa shape index (κ3) is 3.38. The molecule has 2 aromatic rings. The fourth-order valence-electron chi connectivity index (χ4n) is 1.64.